The standard InChI is InChI=1S/C7H7N3O/c1-5(7(8)11)6-3-2-4-9-10-6/h2-4H,1H2,(H2,8,11). The van der Waals surface area contributed by atoms with Gasteiger partial charge in [0, 0.05) is 6.20 Å². The first kappa shape index (κ1) is 7.40. The summed E-state index contributed by atoms with van der Waals surface area (Å²) in [6.45, 7) is 3.45. The quantitative estimate of drug-likeness (QED) is 0.600. The second-order valence-electron chi connectivity index (χ2n) is 1.95. The van der Waals surface area contributed by atoms with E-state index in [1.807, 2.05) is 0 Å². The molecule has 11 heavy (non-hydrogen) atoms. The second-order valence-corrected chi connectivity index (χ2v) is 1.95. The molecule has 0 spiro atoms. The molecule has 0 atom stereocenters. The highest BCUT2D eigenvalue weighted by atomic mass is 16.1. The number of nitrogens with zero attached hydrogens (tertiary/aromatic N) is 2. The molecule has 2 N–H and O–H groups in total. The molecule has 0 radical (unpaired) electrons. The third-order valence-corrected chi connectivity index (χ3v) is 1.18. The summed E-state index contributed by atoms with van der Waals surface area (Å²) < 4.78 is 0. The van der Waals surface area contributed by atoms with Crippen LogP contribution in [0.3, 0.4) is 0 Å². The molecular formula is C7H7N3O. The minimum absolute atomic E-state index is 0.179. The predicted octanol–water partition coefficient (Wildman–Crippen LogP) is -0.0249. The van der Waals surface area contributed by atoms with E-state index in [1.54, 1.807) is 12.1 Å². The Kier molecular flexibility index (Phi) is 1.96. The summed E-state index contributed by atoms with van der Waals surface area (Å²) in [4.78, 5) is 10.6. The van der Waals surface area contributed by atoms with E-state index in [1.165, 1.54) is 6.20 Å². The van der Waals surface area contributed by atoms with Crippen LogP contribution in [0.4, 0.5) is 0 Å². The van der Waals surface area contributed by atoms with Gasteiger partial charge in [0.1, 0.15) is 0 Å². The molecule has 1 aromatic rings. The summed E-state index contributed by atoms with van der Waals surface area (Å²) >= 11 is 0. The summed E-state index contributed by atoms with van der Waals surface area (Å²) in [5.74, 6) is -0.578. The molecule has 0 aliphatic carbocycles. The molecule has 1 amide bonds. The van der Waals surface area contributed by atoms with Crippen molar-refractivity contribution in [2.75, 3.05) is 0 Å². The van der Waals surface area contributed by atoms with E-state index >= 15 is 0 Å². The molecule has 1 heterocycles. The molecule has 0 saturated carbocycles. The molecular weight excluding hydrogens is 142 g/mol. The average molecular weight is 149 g/mol. The zero-order chi connectivity index (χ0) is 8.27. The minimum Gasteiger partial charge on any atom is -0.366 e. The molecule has 0 bridgehead atoms. The van der Waals surface area contributed by atoms with Crippen molar-refractivity contribution in [2.45, 2.75) is 0 Å². The van der Waals surface area contributed by atoms with Gasteiger partial charge in [-0.05, 0) is 12.1 Å². The van der Waals surface area contributed by atoms with Crippen LogP contribution in [0.25, 0.3) is 5.57 Å². The van der Waals surface area contributed by atoms with Crippen molar-refractivity contribution in [3.05, 3.63) is 30.6 Å². The van der Waals surface area contributed by atoms with Crippen LogP contribution < -0.4 is 5.73 Å². The van der Waals surface area contributed by atoms with Crippen molar-refractivity contribution in [2.24, 2.45) is 5.73 Å². The smallest absolute Gasteiger partial charge is 0.250 e. The molecule has 0 aliphatic heterocycles. The second kappa shape index (κ2) is 2.92. The van der Waals surface area contributed by atoms with Gasteiger partial charge >= 0.3 is 0 Å². The van der Waals surface area contributed by atoms with E-state index in [9.17, 15) is 4.79 Å². The lowest BCUT2D eigenvalue weighted by Gasteiger charge is -1.96. The third kappa shape index (κ3) is 1.61. The SMILES string of the molecule is C=C(C(N)=O)c1cccnn1. The average Bonchev–Trinajstić information content (AvgIpc) is 2.05. The van der Waals surface area contributed by atoms with Crippen molar-refractivity contribution in [3.63, 3.8) is 0 Å². The predicted molar refractivity (Wildman–Crippen MR) is 40.3 cm³/mol. The van der Waals surface area contributed by atoms with Crippen LogP contribution in [0.5, 0.6) is 0 Å². The molecule has 1 aromatic heterocycles. The fraction of sp³-hybridized carbons (Fsp3) is 0. The Hall–Kier alpha value is -1.71. The maximum Gasteiger partial charge on any atom is 0.250 e. The number of amides is 1. The highest BCUT2D eigenvalue weighted by Gasteiger charge is 2.04. The normalized spacial score (nSPS) is 9.09. The van der Waals surface area contributed by atoms with Gasteiger partial charge in [-0.25, -0.2) is 0 Å². The van der Waals surface area contributed by atoms with Crippen LogP contribution in [-0.4, -0.2) is 16.1 Å². The number of hydrogen-bond donors (Lipinski definition) is 1. The largest absolute Gasteiger partial charge is 0.366 e. The monoisotopic (exact) mass is 149 g/mol. The summed E-state index contributed by atoms with van der Waals surface area (Å²) in [6, 6.07) is 3.29. The number of hydrogen-bond acceptors (Lipinski definition) is 3. The fourth-order valence-electron chi connectivity index (χ4n) is 0.589. The topological polar surface area (TPSA) is 68.9 Å². The van der Waals surface area contributed by atoms with Gasteiger partial charge in [-0.3, -0.25) is 4.79 Å². The van der Waals surface area contributed by atoms with Crippen LogP contribution >= 0.6 is 0 Å². The van der Waals surface area contributed by atoms with Gasteiger partial charge in [0.2, 0.25) is 5.91 Å². The van der Waals surface area contributed by atoms with Gasteiger partial charge in [0.25, 0.3) is 0 Å². The van der Waals surface area contributed by atoms with E-state index in [4.69, 9.17) is 5.73 Å². The number of primary amides is 1. The molecule has 4 nitrogen and oxygen atoms in total. The maximum absolute atomic E-state index is 10.6. The molecule has 4 heteroatoms. The van der Waals surface area contributed by atoms with Gasteiger partial charge < -0.3 is 5.73 Å². The van der Waals surface area contributed by atoms with Gasteiger partial charge in [-0.1, -0.05) is 6.58 Å². The van der Waals surface area contributed by atoms with E-state index in [-0.39, 0.29) is 5.57 Å². The van der Waals surface area contributed by atoms with Crippen molar-refractivity contribution in [3.8, 4) is 0 Å². The third-order valence-electron chi connectivity index (χ3n) is 1.18. The van der Waals surface area contributed by atoms with E-state index in [2.05, 4.69) is 16.8 Å². The zero-order valence-corrected chi connectivity index (χ0v) is 5.82. The van der Waals surface area contributed by atoms with Crippen LogP contribution in [0.1, 0.15) is 5.69 Å². The Morgan fingerprint density at radius 2 is 2.36 bits per heavy atom. The summed E-state index contributed by atoms with van der Waals surface area (Å²) in [5, 5.41) is 7.22. The fourth-order valence-corrected chi connectivity index (χ4v) is 0.589. The highest BCUT2D eigenvalue weighted by Crippen LogP contribution is 2.04. The number of carbonyl (C=O) groups is 1. The molecule has 0 saturated heterocycles. The molecule has 0 unspecified atom stereocenters. The molecule has 0 aromatic carbocycles. The van der Waals surface area contributed by atoms with Crippen molar-refractivity contribution in [1.82, 2.24) is 10.2 Å². The van der Waals surface area contributed by atoms with Gasteiger partial charge in [-0.2, -0.15) is 10.2 Å². The lowest BCUT2D eigenvalue weighted by molar-refractivity contribution is -0.112. The van der Waals surface area contributed by atoms with Crippen LogP contribution in [0.15, 0.2) is 24.9 Å². The molecule has 0 aliphatic rings. The Bertz CT molecular complexity index is 281. The van der Waals surface area contributed by atoms with Crippen molar-refractivity contribution < 1.29 is 4.79 Å². The molecule has 56 valence electrons. The Morgan fingerprint density at radius 1 is 1.64 bits per heavy atom. The number of nitrogens with two attached hydrogens (primary N) is 1. The van der Waals surface area contributed by atoms with Crippen molar-refractivity contribution >= 4 is 11.5 Å². The lowest BCUT2D eigenvalue weighted by Crippen LogP contribution is -2.12. The summed E-state index contributed by atoms with van der Waals surface area (Å²) in [5.41, 5.74) is 5.56. The summed E-state index contributed by atoms with van der Waals surface area (Å²) in [7, 11) is 0. The highest BCUT2D eigenvalue weighted by molar-refractivity contribution is 6.17. The maximum atomic E-state index is 10.6. The van der Waals surface area contributed by atoms with Crippen molar-refractivity contribution in [1.29, 1.82) is 0 Å². The summed E-state index contributed by atoms with van der Waals surface area (Å²) in [6.07, 6.45) is 1.51. The number of rotatable bonds is 2. The zero-order valence-electron chi connectivity index (χ0n) is 5.82. The minimum atomic E-state index is -0.578. The Labute approximate surface area is 63.7 Å². The van der Waals surface area contributed by atoms with E-state index < -0.39 is 5.91 Å². The Balaban J connectivity index is 2.95. The van der Waals surface area contributed by atoms with Crippen LogP contribution in [0.2, 0.25) is 0 Å². The van der Waals surface area contributed by atoms with Crippen LogP contribution in [-0.2, 0) is 4.79 Å². The lowest BCUT2D eigenvalue weighted by atomic mass is 10.2. The van der Waals surface area contributed by atoms with Crippen LogP contribution in [0, 0.1) is 0 Å². The number of carbonyl (C=O) groups excluding carboxylic acids is 1. The molecule has 1 rings (SSSR count). The van der Waals surface area contributed by atoms with Gasteiger partial charge in [0.05, 0.1) is 11.3 Å². The first-order valence-corrected chi connectivity index (χ1v) is 2.98. The van der Waals surface area contributed by atoms with Gasteiger partial charge in [-0.15, -0.1) is 0 Å². The first-order valence-electron chi connectivity index (χ1n) is 2.98. The number of aromatic nitrogens is 2. The van der Waals surface area contributed by atoms with E-state index in [0.29, 0.717) is 5.69 Å². The molecule has 0 fully saturated rings. The Morgan fingerprint density at radius 3 is 2.82 bits per heavy atom. The van der Waals surface area contributed by atoms with E-state index in [0.717, 1.165) is 0 Å². The first-order chi connectivity index (χ1) is 5.22. The van der Waals surface area contributed by atoms with Gasteiger partial charge in [0.15, 0.2) is 0 Å².